The van der Waals surface area contributed by atoms with Crippen LogP contribution in [-0.4, -0.2) is 36.5 Å². The van der Waals surface area contributed by atoms with E-state index in [1.54, 1.807) is 12.0 Å². The first-order valence-corrected chi connectivity index (χ1v) is 9.31. The lowest BCUT2D eigenvalue weighted by Crippen LogP contribution is -2.28. The number of aryl methyl sites for hydroxylation is 1. The molecule has 3 aromatic rings. The SMILES string of the molecule is COc1ccc(CCN(C)C(=O)c2sc(-c3ccccc3)nc2C)cc1. The van der Waals surface area contributed by atoms with E-state index in [1.165, 1.54) is 16.9 Å². The first-order chi connectivity index (χ1) is 12.6. The van der Waals surface area contributed by atoms with Crippen molar-refractivity contribution in [2.75, 3.05) is 20.7 Å². The topological polar surface area (TPSA) is 42.4 Å². The third-order valence-corrected chi connectivity index (χ3v) is 5.45. The second-order valence-corrected chi connectivity index (χ2v) is 7.12. The molecule has 0 atom stereocenters. The number of aromatic nitrogens is 1. The fourth-order valence-electron chi connectivity index (χ4n) is 2.66. The average Bonchev–Trinajstić information content (AvgIpc) is 3.08. The molecule has 0 bridgehead atoms. The van der Waals surface area contributed by atoms with E-state index in [-0.39, 0.29) is 5.91 Å². The number of carbonyl (C=O) groups is 1. The lowest BCUT2D eigenvalue weighted by molar-refractivity contribution is 0.0800. The number of hydrogen-bond acceptors (Lipinski definition) is 4. The molecular formula is C21H22N2O2S. The molecule has 5 heteroatoms. The van der Waals surface area contributed by atoms with Crippen LogP contribution in [0.25, 0.3) is 10.6 Å². The normalized spacial score (nSPS) is 10.6. The Morgan fingerprint density at radius 3 is 2.46 bits per heavy atom. The summed E-state index contributed by atoms with van der Waals surface area (Å²) >= 11 is 1.46. The number of hydrogen-bond donors (Lipinski definition) is 0. The molecule has 0 N–H and O–H groups in total. The van der Waals surface area contributed by atoms with Gasteiger partial charge in [-0.05, 0) is 31.0 Å². The van der Waals surface area contributed by atoms with Gasteiger partial charge in [0.2, 0.25) is 0 Å². The van der Waals surface area contributed by atoms with Crippen molar-refractivity contribution in [2.45, 2.75) is 13.3 Å². The molecule has 2 aromatic carbocycles. The lowest BCUT2D eigenvalue weighted by atomic mass is 10.1. The van der Waals surface area contributed by atoms with Crippen LogP contribution in [0.5, 0.6) is 5.75 Å². The van der Waals surface area contributed by atoms with E-state index in [2.05, 4.69) is 4.98 Å². The van der Waals surface area contributed by atoms with Crippen LogP contribution in [0.2, 0.25) is 0 Å². The van der Waals surface area contributed by atoms with Crippen LogP contribution < -0.4 is 4.74 Å². The number of ether oxygens (including phenoxy) is 1. The molecule has 4 nitrogen and oxygen atoms in total. The van der Waals surface area contributed by atoms with Crippen LogP contribution >= 0.6 is 11.3 Å². The van der Waals surface area contributed by atoms with Crippen LogP contribution in [0.15, 0.2) is 54.6 Å². The van der Waals surface area contributed by atoms with Crippen molar-refractivity contribution in [3.63, 3.8) is 0 Å². The van der Waals surface area contributed by atoms with Gasteiger partial charge in [0.15, 0.2) is 0 Å². The third kappa shape index (κ3) is 4.11. The quantitative estimate of drug-likeness (QED) is 0.648. The summed E-state index contributed by atoms with van der Waals surface area (Å²) < 4.78 is 5.17. The Morgan fingerprint density at radius 1 is 1.12 bits per heavy atom. The highest BCUT2D eigenvalue weighted by atomic mass is 32.1. The van der Waals surface area contributed by atoms with Gasteiger partial charge in [0.05, 0.1) is 12.8 Å². The fraction of sp³-hybridized carbons (Fsp3) is 0.238. The van der Waals surface area contributed by atoms with Crippen molar-refractivity contribution < 1.29 is 9.53 Å². The molecule has 3 rings (SSSR count). The monoisotopic (exact) mass is 366 g/mol. The highest BCUT2D eigenvalue weighted by molar-refractivity contribution is 7.17. The van der Waals surface area contributed by atoms with Crippen LogP contribution in [0.4, 0.5) is 0 Å². The van der Waals surface area contributed by atoms with E-state index in [0.717, 1.165) is 28.4 Å². The summed E-state index contributed by atoms with van der Waals surface area (Å²) in [7, 11) is 3.50. The van der Waals surface area contributed by atoms with Gasteiger partial charge in [-0.3, -0.25) is 4.79 Å². The molecule has 1 aromatic heterocycles. The van der Waals surface area contributed by atoms with Gasteiger partial charge in [0.25, 0.3) is 5.91 Å². The largest absolute Gasteiger partial charge is 0.497 e. The minimum Gasteiger partial charge on any atom is -0.497 e. The number of rotatable bonds is 6. The number of methoxy groups -OCH3 is 1. The Balaban J connectivity index is 1.67. The zero-order valence-corrected chi connectivity index (χ0v) is 16.0. The predicted octanol–water partition coefficient (Wildman–Crippen LogP) is 4.44. The molecule has 0 saturated heterocycles. The number of nitrogens with zero attached hydrogens (tertiary/aromatic N) is 2. The van der Waals surface area contributed by atoms with E-state index in [9.17, 15) is 4.79 Å². The molecule has 0 saturated carbocycles. The molecule has 0 aliphatic heterocycles. The maximum absolute atomic E-state index is 12.8. The van der Waals surface area contributed by atoms with E-state index in [4.69, 9.17) is 4.74 Å². The van der Waals surface area contributed by atoms with Gasteiger partial charge < -0.3 is 9.64 Å². The van der Waals surface area contributed by atoms with Crippen LogP contribution in [-0.2, 0) is 6.42 Å². The van der Waals surface area contributed by atoms with Crippen molar-refractivity contribution in [1.82, 2.24) is 9.88 Å². The standard InChI is InChI=1S/C21H22N2O2S/c1-15-19(26-20(22-15)17-7-5-4-6-8-17)21(24)23(2)14-13-16-9-11-18(25-3)12-10-16/h4-12H,13-14H2,1-3H3. The second-order valence-electron chi connectivity index (χ2n) is 6.12. The highest BCUT2D eigenvalue weighted by Gasteiger charge is 2.19. The Kier molecular flexibility index (Phi) is 5.68. The number of amides is 1. The van der Waals surface area contributed by atoms with Gasteiger partial charge in [0.1, 0.15) is 15.6 Å². The number of likely N-dealkylation sites (N-methyl/N-ethyl adjacent to an activating group) is 1. The molecular weight excluding hydrogens is 344 g/mol. The van der Waals surface area contributed by atoms with Gasteiger partial charge in [-0.25, -0.2) is 4.98 Å². The fourth-order valence-corrected chi connectivity index (χ4v) is 3.73. The van der Waals surface area contributed by atoms with Crippen molar-refractivity contribution in [2.24, 2.45) is 0 Å². The molecule has 0 spiro atoms. The van der Waals surface area contributed by atoms with Crippen molar-refractivity contribution in [3.8, 4) is 16.3 Å². The maximum Gasteiger partial charge on any atom is 0.265 e. The van der Waals surface area contributed by atoms with Gasteiger partial charge >= 0.3 is 0 Å². The summed E-state index contributed by atoms with van der Waals surface area (Å²) in [6, 6.07) is 17.9. The van der Waals surface area contributed by atoms with Gasteiger partial charge in [0, 0.05) is 19.2 Å². The predicted molar refractivity (Wildman–Crippen MR) is 106 cm³/mol. The summed E-state index contributed by atoms with van der Waals surface area (Å²) in [5, 5.41) is 0.884. The zero-order chi connectivity index (χ0) is 18.5. The van der Waals surface area contributed by atoms with Crippen molar-refractivity contribution >= 4 is 17.2 Å². The highest BCUT2D eigenvalue weighted by Crippen LogP contribution is 2.28. The van der Waals surface area contributed by atoms with Gasteiger partial charge in [-0.2, -0.15) is 0 Å². The van der Waals surface area contributed by atoms with Gasteiger partial charge in [-0.15, -0.1) is 11.3 Å². The first kappa shape index (κ1) is 18.1. The average molecular weight is 366 g/mol. The molecule has 0 unspecified atom stereocenters. The summed E-state index contributed by atoms with van der Waals surface area (Å²) in [6.07, 6.45) is 0.801. The summed E-state index contributed by atoms with van der Waals surface area (Å²) in [6.45, 7) is 2.55. The van der Waals surface area contributed by atoms with Crippen LogP contribution in [0, 0.1) is 6.92 Å². The Bertz CT molecular complexity index is 873. The van der Waals surface area contributed by atoms with E-state index < -0.39 is 0 Å². The molecule has 0 aliphatic carbocycles. The minimum atomic E-state index is 0.0238. The Morgan fingerprint density at radius 2 is 1.81 bits per heavy atom. The number of carbonyl (C=O) groups excluding carboxylic acids is 1. The summed E-state index contributed by atoms with van der Waals surface area (Å²) in [5.74, 6) is 0.864. The van der Waals surface area contributed by atoms with Crippen molar-refractivity contribution in [1.29, 1.82) is 0 Å². The number of thiazole rings is 1. The third-order valence-electron chi connectivity index (χ3n) is 4.25. The van der Waals surface area contributed by atoms with Crippen LogP contribution in [0.1, 0.15) is 20.9 Å². The first-order valence-electron chi connectivity index (χ1n) is 8.49. The van der Waals surface area contributed by atoms with E-state index >= 15 is 0 Å². The second kappa shape index (κ2) is 8.15. The minimum absolute atomic E-state index is 0.0238. The smallest absolute Gasteiger partial charge is 0.265 e. The number of benzene rings is 2. The van der Waals surface area contributed by atoms with Crippen molar-refractivity contribution in [3.05, 3.63) is 70.7 Å². The zero-order valence-electron chi connectivity index (χ0n) is 15.2. The Hall–Kier alpha value is -2.66. The van der Waals surface area contributed by atoms with Gasteiger partial charge in [-0.1, -0.05) is 42.5 Å². The lowest BCUT2D eigenvalue weighted by Gasteiger charge is -2.16. The molecule has 26 heavy (non-hydrogen) atoms. The maximum atomic E-state index is 12.8. The molecule has 1 heterocycles. The summed E-state index contributed by atoms with van der Waals surface area (Å²) in [5.41, 5.74) is 3.01. The Labute approximate surface area is 158 Å². The van der Waals surface area contributed by atoms with Crippen LogP contribution in [0.3, 0.4) is 0 Å². The molecule has 134 valence electrons. The summed E-state index contributed by atoms with van der Waals surface area (Å²) in [4.78, 5) is 19.9. The molecule has 1 amide bonds. The molecule has 0 radical (unpaired) electrons. The van der Waals surface area contributed by atoms with E-state index in [0.29, 0.717) is 11.4 Å². The molecule has 0 fully saturated rings. The van der Waals surface area contributed by atoms with E-state index in [1.807, 2.05) is 68.6 Å². The molecule has 0 aliphatic rings.